The van der Waals surface area contributed by atoms with Crippen LogP contribution in [0.4, 0.5) is 17.3 Å². The van der Waals surface area contributed by atoms with Gasteiger partial charge in [-0.05, 0) is 28.8 Å². The highest BCUT2D eigenvalue weighted by Crippen LogP contribution is 2.42. The van der Waals surface area contributed by atoms with Gasteiger partial charge in [-0.1, -0.05) is 109 Å². The van der Waals surface area contributed by atoms with Crippen LogP contribution in [0.15, 0.2) is 128 Å². The van der Waals surface area contributed by atoms with Gasteiger partial charge >= 0.3 is 7.25 Å². The molecule has 0 fully saturated rings. The summed E-state index contributed by atoms with van der Waals surface area (Å²) >= 11 is 0. The van der Waals surface area contributed by atoms with E-state index < -0.39 is 7.25 Å². The van der Waals surface area contributed by atoms with E-state index in [9.17, 15) is 17.3 Å². The van der Waals surface area contributed by atoms with Gasteiger partial charge in [0.25, 0.3) is 0 Å². The van der Waals surface area contributed by atoms with Crippen molar-refractivity contribution in [1.82, 2.24) is 0 Å². The Balaban J connectivity index is 0.000000527. The Kier molecular flexibility index (Phi) is 7.41. The lowest BCUT2D eigenvalue weighted by atomic mass is 9.86. The maximum Gasteiger partial charge on any atom is 0.673 e. The largest absolute Gasteiger partial charge is 0.673 e. The van der Waals surface area contributed by atoms with Crippen molar-refractivity contribution in [1.29, 1.82) is 0 Å². The fourth-order valence-corrected chi connectivity index (χ4v) is 4.02. The molecule has 5 rings (SSSR count). The fraction of sp³-hybridized carbons (Fsp3) is 0. The van der Waals surface area contributed by atoms with E-state index in [1.54, 1.807) is 0 Å². The highest BCUT2D eigenvalue weighted by molar-refractivity contribution is 6.50. The lowest BCUT2D eigenvalue weighted by molar-refractivity contribution is -0.363. The van der Waals surface area contributed by atoms with Gasteiger partial charge < -0.3 is 17.3 Å². The average Bonchev–Trinajstić information content (AvgIpc) is 2.89. The van der Waals surface area contributed by atoms with Crippen LogP contribution in [0.3, 0.4) is 0 Å². The third kappa shape index (κ3) is 6.24. The quantitative estimate of drug-likeness (QED) is 0.184. The van der Waals surface area contributed by atoms with Crippen LogP contribution < -0.4 is 4.98 Å². The topological polar surface area (TPSA) is 14.1 Å². The molecular formula is C29H22BF4N. The molecule has 35 heavy (non-hydrogen) atoms. The number of benzene rings is 4. The molecule has 0 saturated heterocycles. The minimum atomic E-state index is -6.00. The summed E-state index contributed by atoms with van der Waals surface area (Å²) in [5, 5.41) is 0. The van der Waals surface area contributed by atoms with Crippen molar-refractivity contribution in [3.05, 3.63) is 128 Å². The predicted molar refractivity (Wildman–Crippen MR) is 135 cm³/mol. The third-order valence-electron chi connectivity index (χ3n) is 5.40. The van der Waals surface area contributed by atoms with Gasteiger partial charge in [0.1, 0.15) is 0 Å². The lowest BCUT2D eigenvalue weighted by Crippen LogP contribution is -2.11. The zero-order valence-electron chi connectivity index (χ0n) is 18.7. The Morgan fingerprint density at radius 1 is 0.429 bits per heavy atom. The van der Waals surface area contributed by atoms with Crippen LogP contribution in [0.1, 0.15) is 0 Å². The maximum absolute atomic E-state index is 9.75. The van der Waals surface area contributed by atoms with E-state index >= 15 is 0 Å². The summed E-state index contributed by atoms with van der Waals surface area (Å²) in [5.74, 6) is 0. The molecular weight excluding hydrogens is 449 g/mol. The summed E-state index contributed by atoms with van der Waals surface area (Å²) in [4.78, 5) is 3.63. The van der Waals surface area contributed by atoms with Gasteiger partial charge in [-0.2, -0.15) is 0 Å². The third-order valence-corrected chi connectivity index (χ3v) is 5.40. The zero-order chi connectivity index (χ0) is 24.7. The number of rotatable bonds is 4. The van der Waals surface area contributed by atoms with E-state index in [1.165, 1.54) is 38.9 Å². The molecule has 0 atom stereocenters. The van der Waals surface area contributed by atoms with E-state index in [4.69, 9.17) is 0 Å². The van der Waals surface area contributed by atoms with Gasteiger partial charge in [0.05, 0.1) is 11.1 Å². The Hall–Kier alpha value is -4.19. The highest BCUT2D eigenvalue weighted by Gasteiger charge is 2.24. The summed E-state index contributed by atoms with van der Waals surface area (Å²) in [6.07, 6.45) is 2.15. The van der Waals surface area contributed by atoms with Gasteiger partial charge in [0.15, 0.2) is 6.20 Å². The molecule has 5 aromatic rings. The Morgan fingerprint density at radius 3 is 1.20 bits per heavy atom. The van der Waals surface area contributed by atoms with Crippen LogP contribution >= 0.6 is 0 Å². The van der Waals surface area contributed by atoms with E-state index in [1.807, 2.05) is 0 Å². The van der Waals surface area contributed by atoms with E-state index in [-0.39, 0.29) is 0 Å². The van der Waals surface area contributed by atoms with Crippen molar-refractivity contribution in [3.63, 3.8) is 0 Å². The molecule has 174 valence electrons. The van der Waals surface area contributed by atoms with Crippen LogP contribution in [-0.2, 0) is 0 Å². The first-order valence-corrected chi connectivity index (χ1v) is 11.1. The molecule has 0 bridgehead atoms. The normalized spacial score (nSPS) is 10.9. The monoisotopic (exact) mass is 471 g/mol. The van der Waals surface area contributed by atoms with Crippen molar-refractivity contribution in [3.8, 4) is 44.6 Å². The second-order valence-corrected chi connectivity index (χ2v) is 7.79. The van der Waals surface area contributed by atoms with Gasteiger partial charge in [0.2, 0.25) is 5.69 Å². The molecule has 0 aliphatic carbocycles. The van der Waals surface area contributed by atoms with E-state index in [0.717, 1.165) is 5.69 Å². The van der Waals surface area contributed by atoms with Gasteiger partial charge in [-0.25, -0.2) is 4.98 Å². The Labute approximate surface area is 201 Å². The fourth-order valence-electron chi connectivity index (χ4n) is 4.02. The van der Waals surface area contributed by atoms with Crippen molar-refractivity contribution in [2.45, 2.75) is 0 Å². The van der Waals surface area contributed by atoms with Crippen molar-refractivity contribution >= 4 is 7.25 Å². The number of hydrogen-bond donors (Lipinski definition) is 0. The number of nitrogens with one attached hydrogen (secondary N) is 1. The molecule has 0 amide bonds. The first-order valence-electron chi connectivity index (χ1n) is 11.1. The number of aromatic amines is 1. The molecule has 4 aromatic carbocycles. The predicted octanol–water partition coefficient (Wildman–Crippen LogP) is 8.47. The molecule has 1 N–H and O–H groups in total. The second-order valence-electron chi connectivity index (χ2n) is 7.79. The minimum absolute atomic E-state index is 1.13. The number of halogens is 4. The zero-order valence-corrected chi connectivity index (χ0v) is 18.7. The molecule has 0 saturated carbocycles. The minimum Gasteiger partial charge on any atom is -0.418 e. The summed E-state index contributed by atoms with van der Waals surface area (Å²) in [7, 11) is -6.00. The van der Waals surface area contributed by atoms with Crippen molar-refractivity contribution in [2.75, 3.05) is 0 Å². The lowest BCUT2D eigenvalue weighted by Gasteiger charge is -2.16. The first-order chi connectivity index (χ1) is 16.9. The Morgan fingerprint density at radius 2 is 0.771 bits per heavy atom. The van der Waals surface area contributed by atoms with Crippen LogP contribution in [-0.4, -0.2) is 7.25 Å². The smallest absolute Gasteiger partial charge is 0.418 e. The van der Waals surface area contributed by atoms with E-state index in [0.29, 0.717) is 0 Å². The number of hydrogen-bond acceptors (Lipinski definition) is 0. The van der Waals surface area contributed by atoms with Crippen LogP contribution in [0.2, 0.25) is 0 Å². The number of aromatic nitrogens is 1. The summed E-state index contributed by atoms with van der Waals surface area (Å²) < 4.78 is 39.0. The molecule has 0 radical (unpaired) electrons. The molecule has 1 heterocycles. The molecule has 0 spiro atoms. The summed E-state index contributed by atoms with van der Waals surface area (Å²) in [5.41, 5.74) is 9.56. The van der Waals surface area contributed by atoms with Crippen LogP contribution in [0.5, 0.6) is 0 Å². The van der Waals surface area contributed by atoms with Gasteiger partial charge in [-0.3, -0.25) is 0 Å². The molecule has 1 nitrogen and oxygen atoms in total. The summed E-state index contributed by atoms with van der Waals surface area (Å²) in [6, 6.07) is 42.5. The van der Waals surface area contributed by atoms with Crippen molar-refractivity contribution < 1.29 is 22.2 Å². The van der Waals surface area contributed by atoms with E-state index in [2.05, 4.69) is 133 Å². The van der Waals surface area contributed by atoms with Gasteiger partial charge in [-0.15, -0.1) is 0 Å². The molecule has 1 aromatic heterocycles. The molecule has 6 heteroatoms. The standard InChI is InChI=1S/C29H21N.BF4/c1-5-13-22(14-6-1)26-21-30-29(25-19-11-4-12-20-25)28(24-17-9-3-10-18-24)27(26)23-15-7-2-8-16-23;2-1(3,4)5/h1-21H;/q;-1/p+1. The highest BCUT2D eigenvalue weighted by atomic mass is 19.5. The Bertz CT molecular complexity index is 1250. The molecule has 0 aliphatic rings. The van der Waals surface area contributed by atoms with Crippen LogP contribution in [0.25, 0.3) is 44.6 Å². The first kappa shape index (κ1) is 24.0. The van der Waals surface area contributed by atoms with Crippen LogP contribution in [0, 0.1) is 0 Å². The molecule has 0 unspecified atom stereocenters. The second kappa shape index (κ2) is 10.8. The number of pyridine rings is 1. The number of H-pyrrole nitrogens is 1. The SMILES string of the molecule is F[B-](F)(F)F.c1ccc(-c2c[nH+]c(-c3ccccc3)c(-c3ccccc3)c2-c2ccccc2)cc1. The average molecular weight is 471 g/mol. The summed E-state index contributed by atoms with van der Waals surface area (Å²) in [6.45, 7) is 0. The molecule has 0 aliphatic heterocycles. The maximum atomic E-state index is 9.75. The van der Waals surface area contributed by atoms with Crippen molar-refractivity contribution in [2.24, 2.45) is 0 Å². The van der Waals surface area contributed by atoms with Gasteiger partial charge in [0, 0.05) is 11.1 Å².